The zero-order chi connectivity index (χ0) is 19.1. The number of hydrogen-bond acceptors (Lipinski definition) is 4. The molecule has 3 amide bonds. The van der Waals surface area contributed by atoms with Gasteiger partial charge in [0.2, 0.25) is 11.8 Å². The largest absolute Gasteiger partial charge is 0.369 e. The number of primary amides is 1. The molecule has 0 radical (unpaired) electrons. The molecule has 0 atom stereocenters. The van der Waals surface area contributed by atoms with Crippen LogP contribution in [0.4, 0.5) is 5.69 Å². The fourth-order valence-corrected chi connectivity index (χ4v) is 3.12. The standard InChI is InChI=1S/C19H28N4O3/c1-13(2)23(11-17(20)24)12-18(25)22-16-10-6-5-9-15(16)19(26)21-14-7-3-4-8-14/h5-6,9-10,13-14H,3-4,7-8,11-12H2,1-2H3,(H2,20,24)(H,21,26)(H,22,25). The molecule has 26 heavy (non-hydrogen) atoms. The summed E-state index contributed by atoms with van der Waals surface area (Å²) >= 11 is 0. The number of hydrogen-bond donors (Lipinski definition) is 3. The molecule has 1 fully saturated rings. The van der Waals surface area contributed by atoms with Gasteiger partial charge in [-0.2, -0.15) is 0 Å². The fourth-order valence-electron chi connectivity index (χ4n) is 3.12. The zero-order valence-electron chi connectivity index (χ0n) is 15.5. The van der Waals surface area contributed by atoms with E-state index < -0.39 is 5.91 Å². The third kappa shape index (κ3) is 5.84. The van der Waals surface area contributed by atoms with Crippen molar-refractivity contribution in [1.82, 2.24) is 10.2 Å². The molecule has 142 valence electrons. The lowest BCUT2D eigenvalue weighted by Crippen LogP contribution is -2.43. The van der Waals surface area contributed by atoms with Crippen LogP contribution in [0.5, 0.6) is 0 Å². The number of amides is 3. The molecule has 0 aromatic heterocycles. The minimum absolute atomic E-state index is 0.00541. The lowest BCUT2D eigenvalue weighted by Gasteiger charge is -2.24. The molecule has 2 rings (SSSR count). The van der Waals surface area contributed by atoms with Gasteiger partial charge < -0.3 is 16.4 Å². The Labute approximate surface area is 154 Å². The van der Waals surface area contributed by atoms with Crippen LogP contribution in [-0.4, -0.2) is 47.8 Å². The Kier molecular flexibility index (Phi) is 7.15. The van der Waals surface area contributed by atoms with Gasteiger partial charge in [0.05, 0.1) is 24.3 Å². The Morgan fingerprint density at radius 3 is 2.42 bits per heavy atom. The third-order valence-electron chi connectivity index (χ3n) is 4.57. The van der Waals surface area contributed by atoms with Crippen LogP contribution in [0.3, 0.4) is 0 Å². The molecule has 0 heterocycles. The number of carbonyl (C=O) groups is 3. The summed E-state index contributed by atoms with van der Waals surface area (Å²) in [6, 6.07) is 7.14. The van der Waals surface area contributed by atoms with Gasteiger partial charge in [-0.25, -0.2) is 0 Å². The quantitative estimate of drug-likeness (QED) is 0.653. The highest BCUT2D eigenvalue weighted by Gasteiger charge is 2.21. The van der Waals surface area contributed by atoms with Gasteiger partial charge in [-0.1, -0.05) is 25.0 Å². The zero-order valence-corrected chi connectivity index (χ0v) is 15.5. The second kappa shape index (κ2) is 9.33. The first-order valence-electron chi connectivity index (χ1n) is 9.09. The number of benzene rings is 1. The summed E-state index contributed by atoms with van der Waals surface area (Å²) in [5.74, 6) is -0.949. The van der Waals surface area contributed by atoms with Crippen LogP contribution >= 0.6 is 0 Å². The average Bonchev–Trinajstić information content (AvgIpc) is 3.07. The van der Waals surface area contributed by atoms with Crippen molar-refractivity contribution in [2.75, 3.05) is 18.4 Å². The number of rotatable bonds is 8. The van der Waals surface area contributed by atoms with Gasteiger partial charge in [0.1, 0.15) is 0 Å². The second-order valence-corrected chi connectivity index (χ2v) is 7.01. The minimum atomic E-state index is -0.483. The molecule has 0 aliphatic heterocycles. The van der Waals surface area contributed by atoms with Gasteiger partial charge >= 0.3 is 0 Å². The van der Waals surface area contributed by atoms with Crippen LogP contribution in [0.15, 0.2) is 24.3 Å². The summed E-state index contributed by atoms with van der Waals surface area (Å²) < 4.78 is 0. The maximum absolute atomic E-state index is 12.5. The van der Waals surface area contributed by atoms with Crippen LogP contribution in [0, 0.1) is 0 Å². The second-order valence-electron chi connectivity index (χ2n) is 7.01. The number of nitrogens with zero attached hydrogens (tertiary/aromatic N) is 1. The Balaban J connectivity index is 2.02. The molecular formula is C19H28N4O3. The van der Waals surface area contributed by atoms with Crippen molar-refractivity contribution >= 4 is 23.4 Å². The summed E-state index contributed by atoms with van der Waals surface area (Å²) in [5, 5.41) is 5.81. The predicted molar refractivity (Wildman–Crippen MR) is 101 cm³/mol. The van der Waals surface area contributed by atoms with E-state index >= 15 is 0 Å². The molecule has 0 saturated heterocycles. The molecule has 0 unspecified atom stereocenters. The van der Waals surface area contributed by atoms with Crippen molar-refractivity contribution in [3.63, 3.8) is 0 Å². The van der Waals surface area contributed by atoms with Crippen LogP contribution < -0.4 is 16.4 Å². The Hall–Kier alpha value is -2.41. The van der Waals surface area contributed by atoms with E-state index in [9.17, 15) is 14.4 Å². The summed E-state index contributed by atoms with van der Waals surface area (Å²) in [4.78, 5) is 37.8. The minimum Gasteiger partial charge on any atom is -0.369 e. The van der Waals surface area contributed by atoms with Crippen molar-refractivity contribution in [3.05, 3.63) is 29.8 Å². The van der Waals surface area contributed by atoms with E-state index in [0.29, 0.717) is 11.3 Å². The van der Waals surface area contributed by atoms with E-state index in [1.807, 2.05) is 13.8 Å². The number of nitrogens with one attached hydrogen (secondary N) is 2. The summed E-state index contributed by atoms with van der Waals surface area (Å²) in [7, 11) is 0. The van der Waals surface area contributed by atoms with E-state index in [4.69, 9.17) is 5.73 Å². The smallest absolute Gasteiger partial charge is 0.253 e. The number of anilines is 1. The molecule has 1 saturated carbocycles. The predicted octanol–water partition coefficient (Wildman–Crippen LogP) is 1.49. The number of nitrogens with two attached hydrogens (primary N) is 1. The average molecular weight is 360 g/mol. The van der Waals surface area contributed by atoms with Gasteiger partial charge in [-0.15, -0.1) is 0 Å². The molecule has 0 spiro atoms. The number of para-hydroxylation sites is 1. The van der Waals surface area contributed by atoms with Crippen molar-refractivity contribution in [3.8, 4) is 0 Å². The van der Waals surface area contributed by atoms with E-state index in [1.54, 1.807) is 29.2 Å². The monoisotopic (exact) mass is 360 g/mol. The summed E-state index contributed by atoms with van der Waals surface area (Å²) in [6.45, 7) is 3.81. The van der Waals surface area contributed by atoms with E-state index in [2.05, 4.69) is 10.6 Å². The van der Waals surface area contributed by atoms with Crippen LogP contribution in [0.1, 0.15) is 49.9 Å². The van der Waals surface area contributed by atoms with Crippen molar-refractivity contribution in [1.29, 1.82) is 0 Å². The molecule has 7 nitrogen and oxygen atoms in total. The first-order chi connectivity index (χ1) is 12.4. The van der Waals surface area contributed by atoms with Crippen LogP contribution in [0.25, 0.3) is 0 Å². The van der Waals surface area contributed by atoms with Gasteiger partial charge in [0.15, 0.2) is 0 Å². The third-order valence-corrected chi connectivity index (χ3v) is 4.57. The highest BCUT2D eigenvalue weighted by molar-refractivity contribution is 6.04. The molecule has 1 aliphatic carbocycles. The summed E-state index contributed by atoms with van der Waals surface area (Å²) in [6.07, 6.45) is 4.26. The fraction of sp³-hybridized carbons (Fsp3) is 0.526. The SMILES string of the molecule is CC(C)N(CC(N)=O)CC(=O)Nc1ccccc1C(=O)NC1CCCC1. The Morgan fingerprint density at radius 2 is 1.81 bits per heavy atom. The Morgan fingerprint density at radius 1 is 1.15 bits per heavy atom. The van der Waals surface area contributed by atoms with Gasteiger partial charge in [-0.3, -0.25) is 19.3 Å². The lowest BCUT2D eigenvalue weighted by molar-refractivity contribution is -0.121. The lowest BCUT2D eigenvalue weighted by atomic mass is 10.1. The van der Waals surface area contributed by atoms with Gasteiger partial charge in [0, 0.05) is 12.1 Å². The van der Waals surface area contributed by atoms with E-state index in [1.165, 1.54) is 0 Å². The first-order valence-corrected chi connectivity index (χ1v) is 9.09. The molecule has 0 bridgehead atoms. The molecule has 1 aliphatic rings. The summed E-state index contributed by atoms with van der Waals surface area (Å²) in [5.41, 5.74) is 6.15. The number of carbonyl (C=O) groups excluding carboxylic acids is 3. The van der Waals surface area contributed by atoms with Gasteiger partial charge in [0.25, 0.3) is 5.91 Å². The van der Waals surface area contributed by atoms with Crippen LogP contribution in [-0.2, 0) is 9.59 Å². The molecule has 1 aromatic rings. The van der Waals surface area contributed by atoms with Crippen molar-refractivity contribution < 1.29 is 14.4 Å². The van der Waals surface area contributed by atoms with E-state index in [0.717, 1.165) is 25.7 Å². The van der Waals surface area contributed by atoms with Crippen molar-refractivity contribution in [2.45, 2.75) is 51.6 Å². The highest BCUT2D eigenvalue weighted by Crippen LogP contribution is 2.20. The highest BCUT2D eigenvalue weighted by atomic mass is 16.2. The molecule has 1 aromatic carbocycles. The normalized spacial score (nSPS) is 14.6. The molecule has 7 heteroatoms. The molecular weight excluding hydrogens is 332 g/mol. The van der Waals surface area contributed by atoms with E-state index in [-0.39, 0.29) is 37.0 Å². The molecule has 4 N–H and O–H groups in total. The maximum atomic E-state index is 12.5. The Bertz CT molecular complexity index is 654. The van der Waals surface area contributed by atoms with Gasteiger partial charge in [-0.05, 0) is 38.8 Å². The maximum Gasteiger partial charge on any atom is 0.253 e. The first kappa shape index (κ1) is 19.9. The topological polar surface area (TPSA) is 105 Å². The van der Waals surface area contributed by atoms with Crippen molar-refractivity contribution in [2.24, 2.45) is 5.73 Å². The van der Waals surface area contributed by atoms with Crippen LogP contribution in [0.2, 0.25) is 0 Å².